The molecule has 0 fully saturated rings. The predicted molar refractivity (Wildman–Crippen MR) is 82.3 cm³/mol. The Labute approximate surface area is 132 Å². The number of aliphatic hydroxyl groups excluding tert-OH is 1. The minimum Gasteiger partial charge on any atom is -0.461 e. The smallest absolute Gasteiger partial charge is 0.312 e. The largest absolute Gasteiger partial charge is 0.461 e. The number of aliphatic hydroxyl groups is 1. The van der Waals surface area contributed by atoms with Gasteiger partial charge in [0.05, 0.1) is 24.9 Å². The number of carbonyl (C=O) groups is 2. The summed E-state index contributed by atoms with van der Waals surface area (Å²) in [5, 5.41) is 10.1. The van der Waals surface area contributed by atoms with Crippen LogP contribution >= 0.6 is 0 Å². The van der Waals surface area contributed by atoms with Crippen molar-refractivity contribution in [3.8, 4) is 0 Å². The molecule has 0 saturated carbocycles. The first kappa shape index (κ1) is 20.2. The predicted octanol–water partition coefficient (Wildman–Crippen LogP) is 0.284. The van der Waals surface area contributed by atoms with Crippen molar-refractivity contribution in [3.05, 3.63) is 31.7 Å². The molecule has 0 rings (SSSR count). The maximum absolute atomic E-state index is 12.2. The van der Waals surface area contributed by atoms with Crippen LogP contribution in [0.15, 0.2) is 24.8 Å². The van der Waals surface area contributed by atoms with Crippen LogP contribution in [-0.2, 0) is 19.1 Å². The molecule has 3 unspecified atom stereocenters. The molecule has 3 atom stereocenters. The minimum absolute atomic E-state index is 0.128. The van der Waals surface area contributed by atoms with Gasteiger partial charge in [-0.2, -0.15) is 0 Å². The molecule has 0 heterocycles. The van der Waals surface area contributed by atoms with Crippen LogP contribution in [0.4, 0.5) is 0 Å². The number of allylic oxidation sites excluding steroid dienone is 2. The van der Waals surface area contributed by atoms with Crippen molar-refractivity contribution in [2.75, 3.05) is 19.8 Å². The molecule has 6 nitrogen and oxygen atoms in total. The second-order valence-corrected chi connectivity index (χ2v) is 4.71. The number of hydrogen-bond acceptors (Lipinski definition) is 5. The summed E-state index contributed by atoms with van der Waals surface area (Å²) in [6.45, 7) is 9.59. The maximum atomic E-state index is 12.2. The molecule has 0 aromatic rings. The van der Waals surface area contributed by atoms with Gasteiger partial charge in [-0.3, -0.25) is 9.59 Å². The Kier molecular flexibility index (Phi) is 10.9. The Morgan fingerprint density at radius 2 is 1.95 bits per heavy atom. The van der Waals surface area contributed by atoms with Crippen molar-refractivity contribution in [2.24, 2.45) is 11.8 Å². The summed E-state index contributed by atoms with van der Waals surface area (Å²) in [7, 11) is 0. The van der Waals surface area contributed by atoms with Gasteiger partial charge in [0, 0.05) is 0 Å². The van der Waals surface area contributed by atoms with Crippen molar-refractivity contribution in [3.63, 3.8) is 0 Å². The van der Waals surface area contributed by atoms with Crippen LogP contribution in [0.2, 0.25) is 0 Å². The average molecular weight is 313 g/mol. The summed E-state index contributed by atoms with van der Waals surface area (Å²) in [6.07, 6.45) is 4.21. The molecular weight excluding hydrogens is 286 g/mol. The highest BCUT2D eigenvalue weighted by atomic mass is 16.5. The molecule has 0 amide bonds. The highest BCUT2D eigenvalue weighted by Crippen LogP contribution is 2.24. The molecule has 6 heteroatoms. The number of rotatable bonds is 11. The van der Waals surface area contributed by atoms with Gasteiger partial charge in [-0.05, 0) is 13.3 Å². The average Bonchev–Trinajstić information content (AvgIpc) is 2.53. The fourth-order valence-corrected chi connectivity index (χ4v) is 1.91. The lowest BCUT2D eigenvalue weighted by atomic mass is 9.84. The van der Waals surface area contributed by atoms with Gasteiger partial charge in [-0.15, -0.1) is 6.58 Å². The van der Waals surface area contributed by atoms with Crippen molar-refractivity contribution in [2.45, 2.75) is 25.9 Å². The van der Waals surface area contributed by atoms with Crippen LogP contribution in [0.5, 0.6) is 0 Å². The summed E-state index contributed by atoms with van der Waals surface area (Å²) in [5.41, 5.74) is 3.60. The molecular formula is C16H27NO5+2. The van der Waals surface area contributed by atoms with Crippen LogP contribution in [0.3, 0.4) is 0 Å². The number of quaternary nitrogens is 1. The minimum atomic E-state index is -1.19. The molecule has 0 aliphatic rings. The topological polar surface area (TPSA) is 100 Å². The van der Waals surface area contributed by atoms with E-state index >= 15 is 0 Å². The van der Waals surface area contributed by atoms with Gasteiger partial charge in [0.25, 0.3) is 0 Å². The van der Waals surface area contributed by atoms with Gasteiger partial charge in [0.15, 0.2) is 0 Å². The standard InChI is InChI=1S/C16H26NO5/c1-4-7-8-12(15(19)22-11-9-17)14(13(18)6-3)16(20)21-10-5-2/h4,6-7,12-14,18H,2-3,5,8-11,17H2,1H3/q+1/p+1/b7-4+. The lowest BCUT2D eigenvalue weighted by molar-refractivity contribution is -0.372. The van der Waals surface area contributed by atoms with E-state index in [1.165, 1.54) is 6.08 Å². The van der Waals surface area contributed by atoms with Crippen LogP contribution in [0.1, 0.15) is 19.8 Å². The first-order valence-electron chi connectivity index (χ1n) is 7.36. The second kappa shape index (κ2) is 11.8. The molecule has 0 bridgehead atoms. The molecule has 0 saturated heterocycles. The van der Waals surface area contributed by atoms with E-state index in [1.807, 2.05) is 0 Å². The summed E-state index contributed by atoms with van der Waals surface area (Å²) in [5.74, 6) is -3.11. The molecule has 124 valence electrons. The van der Waals surface area contributed by atoms with Crippen LogP contribution in [0.25, 0.3) is 0 Å². The highest BCUT2D eigenvalue weighted by molar-refractivity contribution is 5.83. The van der Waals surface area contributed by atoms with E-state index < -0.39 is 29.9 Å². The normalized spacial score (nSPS) is 15.0. The van der Waals surface area contributed by atoms with Crippen LogP contribution < -0.4 is 5.73 Å². The number of hydrogen-bond donors (Lipinski definition) is 2. The van der Waals surface area contributed by atoms with E-state index in [4.69, 9.17) is 9.47 Å². The summed E-state index contributed by atoms with van der Waals surface area (Å²) in [4.78, 5) is 24.4. The van der Waals surface area contributed by atoms with Gasteiger partial charge in [0.1, 0.15) is 26.2 Å². The maximum Gasteiger partial charge on any atom is 0.312 e. The third kappa shape index (κ3) is 6.78. The van der Waals surface area contributed by atoms with E-state index in [0.717, 1.165) is 0 Å². The molecule has 4 N–H and O–H groups in total. The third-order valence-corrected chi connectivity index (χ3v) is 3.02. The summed E-state index contributed by atoms with van der Waals surface area (Å²) >= 11 is 0. The van der Waals surface area contributed by atoms with Gasteiger partial charge in [-0.25, -0.2) is 0 Å². The van der Waals surface area contributed by atoms with Gasteiger partial charge in [-0.1, -0.05) is 18.2 Å². The molecule has 22 heavy (non-hydrogen) atoms. The van der Waals surface area contributed by atoms with Crippen molar-refractivity contribution >= 4 is 11.9 Å². The summed E-state index contributed by atoms with van der Waals surface area (Å²) < 4.78 is 10.1. The number of ether oxygens (including phenoxy) is 2. The Bertz CT molecular complexity index is 381. The Balaban J connectivity index is 5.27. The van der Waals surface area contributed by atoms with Gasteiger partial charge >= 0.3 is 11.9 Å². The zero-order valence-corrected chi connectivity index (χ0v) is 13.2. The van der Waals surface area contributed by atoms with E-state index in [1.54, 1.807) is 19.1 Å². The van der Waals surface area contributed by atoms with E-state index in [9.17, 15) is 14.7 Å². The quantitative estimate of drug-likeness (QED) is 0.324. The zero-order chi connectivity index (χ0) is 17.0. The fraction of sp³-hybridized carbons (Fsp3) is 0.562. The first-order chi connectivity index (χ1) is 10.5. The zero-order valence-electron chi connectivity index (χ0n) is 13.2. The lowest BCUT2D eigenvalue weighted by Crippen LogP contribution is -2.52. The van der Waals surface area contributed by atoms with E-state index in [0.29, 0.717) is 13.0 Å². The monoisotopic (exact) mass is 313 g/mol. The Hall–Kier alpha value is -1.79. The number of esters is 2. The van der Waals surface area contributed by atoms with Gasteiger partial charge in [0.2, 0.25) is 0 Å². The SMILES string of the molecule is C=CC(O)C(C(=O)OCC[CH2+])C(C/C=C/C)C(=O)OCC[NH3+]. The first-order valence-corrected chi connectivity index (χ1v) is 7.36. The molecule has 0 spiro atoms. The molecule has 0 aromatic carbocycles. The molecule has 0 aliphatic carbocycles. The lowest BCUT2D eigenvalue weighted by Gasteiger charge is -2.25. The summed E-state index contributed by atoms with van der Waals surface area (Å²) in [6, 6.07) is 0. The van der Waals surface area contributed by atoms with E-state index in [-0.39, 0.29) is 19.6 Å². The van der Waals surface area contributed by atoms with Gasteiger partial charge < -0.3 is 20.3 Å². The molecule has 0 radical (unpaired) electrons. The van der Waals surface area contributed by atoms with Crippen molar-refractivity contribution in [1.82, 2.24) is 0 Å². The molecule has 0 aliphatic heterocycles. The van der Waals surface area contributed by atoms with Crippen molar-refractivity contribution in [1.29, 1.82) is 0 Å². The Morgan fingerprint density at radius 1 is 1.32 bits per heavy atom. The van der Waals surface area contributed by atoms with Crippen molar-refractivity contribution < 1.29 is 29.9 Å². The highest BCUT2D eigenvalue weighted by Gasteiger charge is 2.39. The second-order valence-electron chi connectivity index (χ2n) is 4.71. The van der Waals surface area contributed by atoms with E-state index in [2.05, 4.69) is 19.2 Å². The Morgan fingerprint density at radius 3 is 2.45 bits per heavy atom. The molecule has 0 aromatic heterocycles. The van der Waals surface area contributed by atoms with Crippen LogP contribution in [0, 0.1) is 18.8 Å². The number of carbonyl (C=O) groups excluding carboxylic acids is 2. The fourth-order valence-electron chi connectivity index (χ4n) is 1.91. The van der Waals surface area contributed by atoms with Crippen LogP contribution in [-0.4, -0.2) is 42.9 Å². The third-order valence-electron chi connectivity index (χ3n) is 3.02.